The van der Waals surface area contributed by atoms with E-state index in [4.69, 9.17) is 0 Å². The fraction of sp³-hybridized carbons (Fsp3) is 0.350. The largest absolute Gasteiger partial charge is 0.396 e. The summed E-state index contributed by atoms with van der Waals surface area (Å²) in [4.78, 5) is 13.6. The minimum absolute atomic E-state index is 0.273. The maximum absolute atomic E-state index is 9.49. The Morgan fingerprint density at radius 2 is 1.80 bits per heavy atom. The number of aliphatic hydroxyl groups excluding tert-OH is 1. The van der Waals surface area contributed by atoms with Crippen molar-refractivity contribution in [3.05, 3.63) is 55.1 Å². The van der Waals surface area contributed by atoms with Crippen molar-refractivity contribution < 1.29 is 5.11 Å². The Balaban J connectivity index is 1.60. The predicted molar refractivity (Wildman–Crippen MR) is 96.8 cm³/mol. The Bertz CT molecular complexity index is 813. The van der Waals surface area contributed by atoms with Crippen molar-refractivity contribution >= 4 is 0 Å². The average Bonchev–Trinajstić information content (AvgIpc) is 3.19. The van der Waals surface area contributed by atoms with Gasteiger partial charge in [-0.25, -0.2) is 15.0 Å². The molecule has 0 unspecified atom stereocenters. The summed E-state index contributed by atoms with van der Waals surface area (Å²) in [6.45, 7) is 0.273. The first-order valence-corrected chi connectivity index (χ1v) is 8.86. The first kappa shape index (κ1) is 16.0. The molecule has 0 radical (unpaired) electrons. The van der Waals surface area contributed by atoms with Crippen LogP contribution in [0.3, 0.4) is 0 Å². The molecule has 4 rings (SSSR count). The van der Waals surface area contributed by atoms with Gasteiger partial charge < -0.3 is 9.67 Å². The van der Waals surface area contributed by atoms with Gasteiger partial charge in [-0.1, -0.05) is 36.8 Å². The monoisotopic (exact) mass is 334 g/mol. The number of hydrogen-bond acceptors (Lipinski definition) is 4. The molecule has 0 aliphatic heterocycles. The number of imidazole rings is 1. The summed E-state index contributed by atoms with van der Waals surface area (Å²) in [5.74, 6) is 2.02. The molecule has 1 fully saturated rings. The standard InChI is InChI=1S/C20H22N4O/c25-14-15-5-4-8-18(11-15)24-10-9-21-20(24)17-12-22-19(23-13-17)16-6-2-1-3-7-16/h1-3,6-7,9-10,12-13,15,18,25H,4-5,8,11,14H2/t15-,18-/m1/s1. The molecule has 1 aromatic carbocycles. The molecular weight excluding hydrogens is 312 g/mol. The van der Waals surface area contributed by atoms with E-state index in [1.165, 1.54) is 0 Å². The normalized spacial score (nSPS) is 20.5. The minimum atomic E-state index is 0.273. The van der Waals surface area contributed by atoms with E-state index in [1.807, 2.05) is 55.1 Å². The van der Waals surface area contributed by atoms with Crippen LogP contribution in [0.4, 0.5) is 0 Å². The van der Waals surface area contributed by atoms with Crippen molar-refractivity contribution in [2.45, 2.75) is 31.7 Å². The van der Waals surface area contributed by atoms with Crippen LogP contribution < -0.4 is 0 Å². The lowest BCUT2D eigenvalue weighted by Gasteiger charge is -2.29. The highest BCUT2D eigenvalue weighted by atomic mass is 16.3. The average molecular weight is 334 g/mol. The van der Waals surface area contributed by atoms with Gasteiger partial charge in [-0.05, 0) is 25.2 Å². The molecule has 0 amide bonds. The summed E-state index contributed by atoms with van der Waals surface area (Å²) in [7, 11) is 0. The third kappa shape index (κ3) is 3.33. The van der Waals surface area contributed by atoms with Crippen LogP contribution in [0.25, 0.3) is 22.8 Å². The summed E-state index contributed by atoms with van der Waals surface area (Å²) in [5.41, 5.74) is 1.94. The second-order valence-electron chi connectivity index (χ2n) is 6.69. The lowest BCUT2D eigenvalue weighted by Crippen LogP contribution is -2.21. The zero-order valence-corrected chi connectivity index (χ0v) is 14.1. The molecule has 2 atom stereocenters. The Labute approximate surface area is 147 Å². The molecule has 0 spiro atoms. The van der Waals surface area contributed by atoms with Gasteiger partial charge in [0, 0.05) is 43.0 Å². The number of benzene rings is 1. The van der Waals surface area contributed by atoms with Crippen LogP contribution in [0.5, 0.6) is 0 Å². The zero-order chi connectivity index (χ0) is 17.1. The molecule has 1 N–H and O–H groups in total. The molecule has 128 valence electrons. The molecule has 0 saturated heterocycles. The maximum atomic E-state index is 9.49. The Hall–Kier alpha value is -2.53. The van der Waals surface area contributed by atoms with Crippen LogP contribution in [0, 0.1) is 5.92 Å². The number of rotatable bonds is 4. The third-order valence-electron chi connectivity index (χ3n) is 5.02. The van der Waals surface area contributed by atoms with E-state index >= 15 is 0 Å². The Morgan fingerprint density at radius 3 is 2.56 bits per heavy atom. The quantitative estimate of drug-likeness (QED) is 0.789. The molecule has 5 heteroatoms. The van der Waals surface area contributed by atoms with E-state index in [2.05, 4.69) is 19.5 Å². The molecule has 2 heterocycles. The molecule has 2 aromatic heterocycles. The van der Waals surface area contributed by atoms with Crippen LogP contribution in [0.1, 0.15) is 31.7 Å². The van der Waals surface area contributed by atoms with Crippen molar-refractivity contribution in [2.24, 2.45) is 5.92 Å². The third-order valence-corrected chi connectivity index (χ3v) is 5.02. The van der Waals surface area contributed by atoms with E-state index in [9.17, 15) is 5.11 Å². The van der Waals surface area contributed by atoms with Gasteiger partial charge in [0.05, 0.1) is 5.56 Å². The van der Waals surface area contributed by atoms with Crippen LogP contribution in [0.15, 0.2) is 55.1 Å². The van der Waals surface area contributed by atoms with Gasteiger partial charge in [-0.3, -0.25) is 0 Å². The predicted octanol–water partition coefficient (Wildman–Crippen LogP) is 3.73. The van der Waals surface area contributed by atoms with Gasteiger partial charge >= 0.3 is 0 Å². The minimum Gasteiger partial charge on any atom is -0.396 e. The molecule has 1 saturated carbocycles. The summed E-state index contributed by atoms with van der Waals surface area (Å²) >= 11 is 0. The Kier molecular flexibility index (Phi) is 4.57. The van der Waals surface area contributed by atoms with Gasteiger partial charge in [0.1, 0.15) is 5.82 Å². The highest BCUT2D eigenvalue weighted by Gasteiger charge is 2.24. The molecular formula is C20H22N4O. The van der Waals surface area contributed by atoms with Crippen LogP contribution in [-0.4, -0.2) is 31.2 Å². The summed E-state index contributed by atoms with van der Waals surface area (Å²) < 4.78 is 2.22. The van der Waals surface area contributed by atoms with E-state index in [0.29, 0.717) is 12.0 Å². The molecule has 0 bridgehead atoms. The molecule has 25 heavy (non-hydrogen) atoms. The lowest BCUT2D eigenvalue weighted by atomic mass is 9.86. The smallest absolute Gasteiger partial charge is 0.159 e. The van der Waals surface area contributed by atoms with Crippen molar-refractivity contribution in [2.75, 3.05) is 6.61 Å². The van der Waals surface area contributed by atoms with Crippen LogP contribution in [-0.2, 0) is 0 Å². The van der Waals surface area contributed by atoms with Crippen LogP contribution >= 0.6 is 0 Å². The van der Waals surface area contributed by atoms with Gasteiger partial charge in [-0.15, -0.1) is 0 Å². The molecule has 1 aliphatic carbocycles. The maximum Gasteiger partial charge on any atom is 0.159 e. The fourth-order valence-corrected chi connectivity index (χ4v) is 3.69. The second kappa shape index (κ2) is 7.15. The number of nitrogens with zero attached hydrogens (tertiary/aromatic N) is 4. The van der Waals surface area contributed by atoms with Gasteiger partial charge in [0.25, 0.3) is 0 Å². The Morgan fingerprint density at radius 1 is 1.00 bits per heavy atom. The fourth-order valence-electron chi connectivity index (χ4n) is 3.69. The summed E-state index contributed by atoms with van der Waals surface area (Å²) in [6, 6.07) is 10.4. The van der Waals surface area contributed by atoms with Crippen LogP contribution in [0.2, 0.25) is 0 Å². The molecule has 1 aliphatic rings. The van der Waals surface area contributed by atoms with E-state index in [1.54, 1.807) is 0 Å². The van der Waals surface area contributed by atoms with Crippen molar-refractivity contribution in [3.8, 4) is 22.8 Å². The topological polar surface area (TPSA) is 63.8 Å². The van der Waals surface area contributed by atoms with Gasteiger partial charge in [0.2, 0.25) is 0 Å². The van der Waals surface area contributed by atoms with Crippen molar-refractivity contribution in [3.63, 3.8) is 0 Å². The summed E-state index contributed by atoms with van der Waals surface area (Å²) in [5, 5.41) is 9.49. The van der Waals surface area contributed by atoms with E-state index in [0.717, 1.165) is 48.5 Å². The first-order chi connectivity index (χ1) is 12.3. The molecule has 3 aromatic rings. The number of aliphatic hydroxyl groups is 1. The van der Waals surface area contributed by atoms with E-state index in [-0.39, 0.29) is 6.61 Å². The SMILES string of the molecule is OC[C@@H]1CCC[C@@H](n2ccnc2-c2cnc(-c3ccccc3)nc2)C1. The number of aromatic nitrogens is 4. The summed E-state index contributed by atoms with van der Waals surface area (Å²) in [6.07, 6.45) is 12.0. The zero-order valence-electron chi connectivity index (χ0n) is 14.1. The van der Waals surface area contributed by atoms with Crippen molar-refractivity contribution in [1.82, 2.24) is 19.5 Å². The number of hydrogen-bond donors (Lipinski definition) is 1. The van der Waals surface area contributed by atoms with E-state index < -0.39 is 0 Å². The van der Waals surface area contributed by atoms with Crippen molar-refractivity contribution in [1.29, 1.82) is 0 Å². The van der Waals surface area contributed by atoms with Gasteiger partial charge in [0.15, 0.2) is 5.82 Å². The highest BCUT2D eigenvalue weighted by Crippen LogP contribution is 2.34. The highest BCUT2D eigenvalue weighted by molar-refractivity contribution is 5.58. The second-order valence-corrected chi connectivity index (χ2v) is 6.69. The molecule has 5 nitrogen and oxygen atoms in total. The lowest BCUT2D eigenvalue weighted by molar-refractivity contribution is 0.163. The first-order valence-electron chi connectivity index (χ1n) is 8.86. The van der Waals surface area contributed by atoms with Gasteiger partial charge in [-0.2, -0.15) is 0 Å².